The topological polar surface area (TPSA) is 43.5 Å². The number of ether oxygens (including phenoxy) is 4. The lowest BCUT2D eigenvalue weighted by molar-refractivity contribution is 0.252. The molecule has 16 heavy (non-hydrogen) atoms. The van der Waals surface area contributed by atoms with Gasteiger partial charge in [0.2, 0.25) is 0 Å². The van der Waals surface area contributed by atoms with Crippen molar-refractivity contribution in [1.82, 2.24) is 0 Å². The first kappa shape index (κ1) is 9.93. The summed E-state index contributed by atoms with van der Waals surface area (Å²) in [5, 5.41) is 0. The van der Waals surface area contributed by atoms with Crippen molar-refractivity contribution < 1.29 is 18.9 Å². The van der Waals surface area contributed by atoms with Gasteiger partial charge in [-0.3, -0.25) is 0 Å². The van der Waals surface area contributed by atoms with Crippen LogP contribution in [0.1, 0.15) is 0 Å². The Morgan fingerprint density at radius 2 is 1.50 bits per heavy atom. The van der Waals surface area contributed by atoms with E-state index >= 15 is 0 Å². The summed E-state index contributed by atoms with van der Waals surface area (Å²) in [7, 11) is 0. The second-order valence-electron chi connectivity index (χ2n) is 4.01. The van der Waals surface area contributed by atoms with Gasteiger partial charge in [-0.25, -0.2) is 0 Å². The first-order valence-corrected chi connectivity index (χ1v) is 5.49. The molecule has 4 heteroatoms. The van der Waals surface area contributed by atoms with Crippen LogP contribution >= 0.6 is 0 Å². The minimum atomic E-state index is 0.282. The van der Waals surface area contributed by atoms with Gasteiger partial charge in [-0.1, -0.05) is 6.07 Å². The number of epoxide rings is 2. The van der Waals surface area contributed by atoms with Crippen molar-refractivity contribution in [3.63, 3.8) is 0 Å². The molecule has 1 unspecified atom stereocenters. The molecule has 2 atom stereocenters. The van der Waals surface area contributed by atoms with Crippen molar-refractivity contribution in [2.24, 2.45) is 0 Å². The van der Waals surface area contributed by atoms with Crippen molar-refractivity contribution >= 4 is 0 Å². The third-order valence-corrected chi connectivity index (χ3v) is 2.48. The van der Waals surface area contributed by atoms with Crippen molar-refractivity contribution in [3.05, 3.63) is 24.3 Å². The second kappa shape index (κ2) is 4.31. The van der Waals surface area contributed by atoms with Gasteiger partial charge in [-0.15, -0.1) is 0 Å². The Morgan fingerprint density at radius 1 is 1.00 bits per heavy atom. The van der Waals surface area contributed by atoms with E-state index < -0.39 is 0 Å². The molecule has 0 aromatic heterocycles. The molecule has 3 rings (SSSR count). The van der Waals surface area contributed by atoms with E-state index in [1.807, 2.05) is 24.3 Å². The monoisotopic (exact) mass is 222 g/mol. The van der Waals surface area contributed by atoms with E-state index in [2.05, 4.69) is 0 Å². The van der Waals surface area contributed by atoms with Crippen molar-refractivity contribution in [1.29, 1.82) is 0 Å². The molecule has 2 heterocycles. The Morgan fingerprint density at radius 3 is 1.94 bits per heavy atom. The minimum Gasteiger partial charge on any atom is -0.491 e. The Labute approximate surface area is 94.1 Å². The molecule has 1 aromatic rings. The smallest absolute Gasteiger partial charge is 0.123 e. The van der Waals surface area contributed by atoms with Gasteiger partial charge in [-0.2, -0.15) is 0 Å². The quantitative estimate of drug-likeness (QED) is 0.679. The number of hydrogen-bond acceptors (Lipinski definition) is 4. The predicted octanol–water partition coefficient (Wildman–Crippen LogP) is 1.24. The number of hydrogen-bond donors (Lipinski definition) is 0. The largest absolute Gasteiger partial charge is 0.491 e. The van der Waals surface area contributed by atoms with Crippen LogP contribution in [0, 0.1) is 0 Å². The van der Waals surface area contributed by atoms with Crippen LogP contribution in [0.4, 0.5) is 0 Å². The zero-order valence-electron chi connectivity index (χ0n) is 8.93. The summed E-state index contributed by atoms with van der Waals surface area (Å²) in [5.41, 5.74) is 0. The average molecular weight is 222 g/mol. The molecule has 2 saturated heterocycles. The lowest BCUT2D eigenvalue weighted by atomic mass is 10.3. The van der Waals surface area contributed by atoms with Gasteiger partial charge < -0.3 is 18.9 Å². The van der Waals surface area contributed by atoms with Crippen LogP contribution in [0.25, 0.3) is 0 Å². The third-order valence-electron chi connectivity index (χ3n) is 2.48. The SMILES string of the molecule is c1cc(OCC2CO2)cc(OC[C@@H]2CO2)c1. The zero-order valence-corrected chi connectivity index (χ0v) is 8.93. The molecule has 1 aromatic carbocycles. The maximum atomic E-state index is 5.56. The first-order valence-electron chi connectivity index (χ1n) is 5.49. The van der Waals surface area contributed by atoms with Crippen molar-refractivity contribution in [2.45, 2.75) is 12.2 Å². The number of rotatable bonds is 6. The molecule has 4 nitrogen and oxygen atoms in total. The minimum absolute atomic E-state index is 0.282. The molecular weight excluding hydrogens is 208 g/mol. The normalized spacial score (nSPS) is 26.2. The standard InChI is InChI=1S/C12H14O4/c1-2-9(13-5-11-7-15-11)4-10(3-1)14-6-12-8-16-12/h1-4,11-12H,5-8H2/t11-,12?/m1/s1. The second-order valence-corrected chi connectivity index (χ2v) is 4.01. The van der Waals surface area contributed by atoms with Crippen LogP contribution in [0.15, 0.2) is 24.3 Å². The Balaban J connectivity index is 1.52. The Kier molecular flexibility index (Phi) is 2.68. The molecule has 2 aliphatic heterocycles. The third kappa shape index (κ3) is 2.87. The lowest BCUT2D eigenvalue weighted by Crippen LogP contribution is -2.06. The molecule has 0 spiro atoms. The fourth-order valence-electron chi connectivity index (χ4n) is 1.36. The van der Waals surface area contributed by atoms with E-state index in [0.29, 0.717) is 13.2 Å². The zero-order chi connectivity index (χ0) is 10.8. The molecule has 2 fully saturated rings. The molecule has 0 bridgehead atoms. The summed E-state index contributed by atoms with van der Waals surface area (Å²) in [6.45, 7) is 2.87. The molecule has 2 aliphatic rings. The lowest BCUT2D eigenvalue weighted by Gasteiger charge is -2.07. The van der Waals surface area contributed by atoms with Crippen LogP contribution < -0.4 is 9.47 Å². The van der Waals surface area contributed by atoms with Crippen molar-refractivity contribution in [3.8, 4) is 11.5 Å². The molecule has 0 aliphatic carbocycles. The maximum absolute atomic E-state index is 5.56. The van der Waals surface area contributed by atoms with E-state index in [0.717, 1.165) is 24.7 Å². The van der Waals surface area contributed by atoms with Crippen molar-refractivity contribution in [2.75, 3.05) is 26.4 Å². The van der Waals surface area contributed by atoms with E-state index in [4.69, 9.17) is 18.9 Å². The van der Waals surface area contributed by atoms with Crippen LogP contribution in [-0.2, 0) is 9.47 Å². The summed E-state index contributed by atoms with van der Waals surface area (Å²) in [5.74, 6) is 1.65. The predicted molar refractivity (Wildman–Crippen MR) is 56.9 cm³/mol. The van der Waals surface area contributed by atoms with Gasteiger partial charge in [0.25, 0.3) is 0 Å². The Bertz CT molecular complexity index is 327. The highest BCUT2D eigenvalue weighted by atomic mass is 16.6. The molecule has 0 radical (unpaired) electrons. The summed E-state index contributed by atoms with van der Waals surface area (Å²) in [6.07, 6.45) is 0.564. The molecular formula is C12H14O4. The van der Waals surface area contributed by atoms with Crippen LogP contribution in [0.5, 0.6) is 11.5 Å². The van der Waals surface area contributed by atoms with Gasteiger partial charge in [-0.05, 0) is 12.1 Å². The van der Waals surface area contributed by atoms with Gasteiger partial charge in [0, 0.05) is 6.07 Å². The summed E-state index contributed by atoms with van der Waals surface area (Å²) >= 11 is 0. The average Bonchev–Trinajstić information content (AvgIpc) is 3.17. The molecule has 0 amide bonds. The van der Waals surface area contributed by atoms with Gasteiger partial charge in [0.05, 0.1) is 13.2 Å². The summed E-state index contributed by atoms with van der Waals surface area (Å²) in [4.78, 5) is 0. The Hall–Kier alpha value is -1.26. The van der Waals surface area contributed by atoms with Crippen LogP contribution in [0.3, 0.4) is 0 Å². The fourth-order valence-corrected chi connectivity index (χ4v) is 1.36. The highest BCUT2D eigenvalue weighted by Gasteiger charge is 2.24. The molecule has 0 saturated carbocycles. The molecule has 86 valence electrons. The van der Waals surface area contributed by atoms with E-state index in [1.54, 1.807) is 0 Å². The number of benzene rings is 1. The fraction of sp³-hybridized carbons (Fsp3) is 0.500. The summed E-state index contributed by atoms with van der Waals surface area (Å²) < 4.78 is 21.3. The van der Waals surface area contributed by atoms with Gasteiger partial charge >= 0.3 is 0 Å². The van der Waals surface area contributed by atoms with E-state index in [1.165, 1.54) is 0 Å². The van der Waals surface area contributed by atoms with Crippen LogP contribution in [0.2, 0.25) is 0 Å². The van der Waals surface area contributed by atoms with Crippen LogP contribution in [-0.4, -0.2) is 38.6 Å². The van der Waals surface area contributed by atoms with Gasteiger partial charge in [0.1, 0.15) is 36.9 Å². The molecule has 0 N–H and O–H groups in total. The van der Waals surface area contributed by atoms with E-state index in [-0.39, 0.29) is 12.2 Å². The first-order chi connectivity index (χ1) is 7.90. The van der Waals surface area contributed by atoms with E-state index in [9.17, 15) is 0 Å². The summed E-state index contributed by atoms with van der Waals surface area (Å²) in [6, 6.07) is 7.66. The highest BCUT2D eigenvalue weighted by molar-refractivity contribution is 5.33. The maximum Gasteiger partial charge on any atom is 0.123 e. The highest BCUT2D eigenvalue weighted by Crippen LogP contribution is 2.22. The van der Waals surface area contributed by atoms with Gasteiger partial charge in [0.15, 0.2) is 0 Å².